The van der Waals surface area contributed by atoms with E-state index >= 15 is 0 Å². The Labute approximate surface area is 130 Å². The maximum Gasteiger partial charge on any atom is 0.333 e. The zero-order valence-electron chi connectivity index (χ0n) is 11.6. The molecule has 0 amide bonds. The molecule has 1 saturated carbocycles. The molecule has 0 unspecified atom stereocenters. The molecule has 0 bridgehead atoms. The number of nitrogens with one attached hydrogen (secondary N) is 1. The van der Waals surface area contributed by atoms with Gasteiger partial charge < -0.3 is 10.4 Å². The predicted molar refractivity (Wildman–Crippen MR) is 79.0 cm³/mol. The Morgan fingerprint density at radius 2 is 2.23 bits per heavy atom. The monoisotopic (exact) mass is 328 g/mol. The van der Waals surface area contributed by atoms with Crippen LogP contribution in [0.25, 0.3) is 11.3 Å². The molecule has 5 nitrogen and oxygen atoms in total. The van der Waals surface area contributed by atoms with E-state index in [-0.39, 0.29) is 12.1 Å². The Balaban J connectivity index is 1.89. The molecule has 2 aromatic heterocycles. The number of hydrogen-bond acceptors (Lipinski definition) is 4. The van der Waals surface area contributed by atoms with Crippen LogP contribution in [0.1, 0.15) is 25.8 Å². The molecule has 0 saturated heterocycles. The molecule has 0 aliphatic heterocycles. The SMILES string of the molecule is O[C@H]1CC[C@H](Nc2cc(Cl)ncc2-c2ccn(C(F)F)n2)C1. The van der Waals surface area contributed by atoms with Crippen molar-refractivity contribution in [2.45, 2.75) is 38.0 Å². The largest absolute Gasteiger partial charge is 0.393 e. The molecule has 22 heavy (non-hydrogen) atoms. The smallest absolute Gasteiger partial charge is 0.333 e. The van der Waals surface area contributed by atoms with E-state index in [0.29, 0.717) is 33.2 Å². The van der Waals surface area contributed by atoms with Crippen molar-refractivity contribution in [2.75, 3.05) is 5.32 Å². The van der Waals surface area contributed by atoms with Gasteiger partial charge in [-0.2, -0.15) is 13.9 Å². The number of rotatable bonds is 4. The van der Waals surface area contributed by atoms with Gasteiger partial charge in [-0.1, -0.05) is 11.6 Å². The summed E-state index contributed by atoms with van der Waals surface area (Å²) in [6.45, 7) is -2.68. The van der Waals surface area contributed by atoms with Crippen molar-refractivity contribution in [3.63, 3.8) is 0 Å². The van der Waals surface area contributed by atoms with Crippen molar-refractivity contribution in [2.24, 2.45) is 0 Å². The summed E-state index contributed by atoms with van der Waals surface area (Å²) in [6.07, 6.45) is 4.64. The number of anilines is 1. The normalized spacial score (nSPS) is 21.5. The predicted octanol–water partition coefficient (Wildman–Crippen LogP) is 3.32. The second-order valence-corrected chi connectivity index (χ2v) is 5.71. The van der Waals surface area contributed by atoms with E-state index in [0.717, 1.165) is 12.8 Å². The highest BCUT2D eigenvalue weighted by Gasteiger charge is 2.24. The van der Waals surface area contributed by atoms with Gasteiger partial charge in [-0.15, -0.1) is 0 Å². The van der Waals surface area contributed by atoms with E-state index in [1.165, 1.54) is 18.5 Å². The molecule has 1 fully saturated rings. The Bertz CT molecular complexity index is 664. The van der Waals surface area contributed by atoms with Crippen molar-refractivity contribution in [3.8, 4) is 11.3 Å². The van der Waals surface area contributed by atoms with Crippen LogP contribution in [0.3, 0.4) is 0 Å². The Morgan fingerprint density at radius 3 is 2.86 bits per heavy atom. The summed E-state index contributed by atoms with van der Waals surface area (Å²) < 4.78 is 25.9. The Kier molecular flexibility index (Phi) is 4.26. The molecule has 8 heteroatoms. The number of aromatic nitrogens is 3. The summed E-state index contributed by atoms with van der Waals surface area (Å²) in [7, 11) is 0. The fourth-order valence-electron chi connectivity index (χ4n) is 2.65. The third kappa shape index (κ3) is 3.20. The molecule has 0 aromatic carbocycles. The van der Waals surface area contributed by atoms with Crippen molar-refractivity contribution >= 4 is 17.3 Å². The molecule has 2 heterocycles. The fraction of sp³-hybridized carbons (Fsp3) is 0.429. The van der Waals surface area contributed by atoms with Crippen LogP contribution < -0.4 is 5.32 Å². The summed E-state index contributed by atoms with van der Waals surface area (Å²) in [5.41, 5.74) is 1.68. The molecule has 1 aliphatic rings. The molecule has 2 atom stereocenters. The third-order valence-electron chi connectivity index (χ3n) is 3.72. The Hall–Kier alpha value is -1.73. The van der Waals surface area contributed by atoms with Crippen molar-refractivity contribution in [1.29, 1.82) is 0 Å². The highest BCUT2D eigenvalue weighted by Crippen LogP contribution is 2.31. The van der Waals surface area contributed by atoms with Crippen LogP contribution in [0.15, 0.2) is 24.5 Å². The highest BCUT2D eigenvalue weighted by molar-refractivity contribution is 6.29. The van der Waals surface area contributed by atoms with E-state index in [9.17, 15) is 13.9 Å². The van der Waals surface area contributed by atoms with Gasteiger partial charge in [0.2, 0.25) is 0 Å². The number of nitrogens with zero attached hydrogens (tertiary/aromatic N) is 3. The number of alkyl halides is 2. The van der Waals surface area contributed by atoms with Crippen LogP contribution in [0, 0.1) is 0 Å². The fourth-order valence-corrected chi connectivity index (χ4v) is 2.81. The first-order valence-electron chi connectivity index (χ1n) is 6.97. The van der Waals surface area contributed by atoms with E-state index in [1.54, 1.807) is 6.07 Å². The van der Waals surface area contributed by atoms with E-state index in [2.05, 4.69) is 15.4 Å². The Morgan fingerprint density at radius 1 is 1.41 bits per heavy atom. The average molecular weight is 329 g/mol. The standard InChI is InChI=1S/C14H15ClF2N4O/c15-13-6-12(19-8-1-2-9(22)5-8)10(7-18-13)11-3-4-21(20-11)14(16)17/h3-4,6-9,14,22H,1-2,5H2,(H,18,19)/t8-,9-/m0/s1. The molecule has 2 N–H and O–H groups in total. The molecule has 2 aromatic rings. The van der Waals surface area contributed by atoms with Gasteiger partial charge in [0.05, 0.1) is 11.8 Å². The maximum absolute atomic E-state index is 12.7. The average Bonchev–Trinajstić information content (AvgIpc) is 3.08. The summed E-state index contributed by atoms with van der Waals surface area (Å²) in [6, 6.07) is 3.26. The summed E-state index contributed by atoms with van der Waals surface area (Å²) in [5.74, 6) is 0. The number of pyridine rings is 1. The van der Waals surface area contributed by atoms with Crippen LogP contribution in [0.2, 0.25) is 5.15 Å². The van der Waals surface area contributed by atoms with Crippen LogP contribution in [0.4, 0.5) is 14.5 Å². The molecular weight excluding hydrogens is 314 g/mol. The summed E-state index contributed by atoms with van der Waals surface area (Å²) in [5, 5.41) is 17.1. The molecule has 118 valence electrons. The van der Waals surface area contributed by atoms with Crippen molar-refractivity contribution in [3.05, 3.63) is 29.7 Å². The first-order chi connectivity index (χ1) is 10.5. The molecule has 1 aliphatic carbocycles. The van der Waals surface area contributed by atoms with Gasteiger partial charge in [0, 0.05) is 29.7 Å². The lowest BCUT2D eigenvalue weighted by Crippen LogP contribution is -2.17. The van der Waals surface area contributed by atoms with Crippen LogP contribution in [-0.4, -0.2) is 32.0 Å². The second kappa shape index (κ2) is 6.18. The van der Waals surface area contributed by atoms with Crippen LogP contribution in [-0.2, 0) is 0 Å². The third-order valence-corrected chi connectivity index (χ3v) is 3.93. The molecular formula is C14H15ClF2N4O. The minimum Gasteiger partial charge on any atom is -0.393 e. The minimum absolute atomic E-state index is 0.115. The van der Waals surface area contributed by atoms with Gasteiger partial charge in [-0.25, -0.2) is 9.67 Å². The van der Waals surface area contributed by atoms with Gasteiger partial charge in [0.15, 0.2) is 0 Å². The van der Waals surface area contributed by atoms with E-state index in [1.807, 2.05) is 0 Å². The lowest BCUT2D eigenvalue weighted by Gasteiger charge is -2.16. The topological polar surface area (TPSA) is 63.0 Å². The van der Waals surface area contributed by atoms with Crippen molar-refractivity contribution in [1.82, 2.24) is 14.8 Å². The van der Waals surface area contributed by atoms with E-state index < -0.39 is 6.55 Å². The summed E-state index contributed by atoms with van der Waals surface area (Å²) >= 11 is 5.93. The zero-order chi connectivity index (χ0) is 15.7. The van der Waals surface area contributed by atoms with Crippen molar-refractivity contribution < 1.29 is 13.9 Å². The van der Waals surface area contributed by atoms with Gasteiger partial charge in [0.1, 0.15) is 5.15 Å². The molecule has 0 radical (unpaired) electrons. The van der Waals surface area contributed by atoms with Crippen LogP contribution >= 0.6 is 11.6 Å². The first kappa shape index (κ1) is 15.2. The van der Waals surface area contributed by atoms with Gasteiger partial charge >= 0.3 is 6.55 Å². The lowest BCUT2D eigenvalue weighted by molar-refractivity contribution is 0.0568. The van der Waals surface area contributed by atoms with Gasteiger partial charge in [0.25, 0.3) is 0 Å². The second-order valence-electron chi connectivity index (χ2n) is 5.32. The number of aliphatic hydroxyl groups excluding tert-OH is 1. The quantitative estimate of drug-likeness (QED) is 0.845. The maximum atomic E-state index is 12.7. The lowest BCUT2D eigenvalue weighted by atomic mass is 10.1. The highest BCUT2D eigenvalue weighted by atomic mass is 35.5. The zero-order valence-corrected chi connectivity index (χ0v) is 12.3. The number of halogens is 3. The van der Waals surface area contributed by atoms with Gasteiger partial charge in [-0.3, -0.25) is 0 Å². The number of aliphatic hydroxyl groups is 1. The minimum atomic E-state index is -2.68. The number of hydrogen-bond donors (Lipinski definition) is 2. The van der Waals surface area contributed by atoms with E-state index in [4.69, 9.17) is 11.6 Å². The summed E-state index contributed by atoms with van der Waals surface area (Å²) in [4.78, 5) is 4.00. The van der Waals surface area contributed by atoms with Crippen LogP contribution in [0.5, 0.6) is 0 Å². The molecule has 3 rings (SSSR count). The molecule has 0 spiro atoms. The first-order valence-corrected chi connectivity index (χ1v) is 7.34. The van der Waals surface area contributed by atoms with Gasteiger partial charge in [-0.05, 0) is 31.4 Å².